The van der Waals surface area contributed by atoms with Crippen LogP contribution in [0.25, 0.3) is 0 Å². The van der Waals surface area contributed by atoms with Crippen molar-refractivity contribution >= 4 is 0 Å². The Labute approximate surface area is 127 Å². The maximum absolute atomic E-state index is 10.6. The number of aliphatic hydroxyl groups is 1. The zero-order chi connectivity index (χ0) is 14.7. The van der Waals surface area contributed by atoms with Gasteiger partial charge in [-0.3, -0.25) is 0 Å². The quantitative estimate of drug-likeness (QED) is 0.753. The molecule has 4 aliphatic rings. The lowest BCUT2D eigenvalue weighted by molar-refractivity contribution is -0.146. The van der Waals surface area contributed by atoms with Crippen molar-refractivity contribution in [2.45, 2.75) is 56.8 Å². The molecule has 3 aliphatic carbocycles. The molecule has 0 amide bonds. The van der Waals surface area contributed by atoms with Crippen molar-refractivity contribution in [1.29, 1.82) is 0 Å². The van der Waals surface area contributed by atoms with Crippen LogP contribution in [-0.2, 0) is 4.74 Å². The number of likely N-dealkylation sites (tertiary alicyclic amines) is 1. The summed E-state index contributed by atoms with van der Waals surface area (Å²) in [6.45, 7) is 1.19. The molecule has 1 aliphatic heterocycles. The van der Waals surface area contributed by atoms with Crippen LogP contribution in [0.15, 0.2) is 23.3 Å². The van der Waals surface area contributed by atoms with Gasteiger partial charge in [0.05, 0.1) is 0 Å². The minimum absolute atomic E-state index is 0.312. The zero-order valence-corrected chi connectivity index (χ0v) is 13.3. The molecule has 3 nitrogen and oxygen atoms in total. The van der Waals surface area contributed by atoms with E-state index in [0.717, 1.165) is 12.3 Å². The average molecular weight is 289 g/mol. The van der Waals surface area contributed by atoms with Crippen LogP contribution >= 0.6 is 0 Å². The number of allylic oxidation sites excluding steroid dienone is 1. The van der Waals surface area contributed by atoms with Gasteiger partial charge in [-0.2, -0.15) is 0 Å². The minimum atomic E-state index is -1.08. The molecule has 0 aromatic carbocycles. The second kappa shape index (κ2) is 4.68. The lowest BCUT2D eigenvalue weighted by Gasteiger charge is -2.60. The molecule has 2 saturated carbocycles. The van der Waals surface area contributed by atoms with Gasteiger partial charge in [0.25, 0.3) is 0 Å². The van der Waals surface area contributed by atoms with Crippen molar-refractivity contribution in [1.82, 2.24) is 4.90 Å². The van der Waals surface area contributed by atoms with Crippen LogP contribution in [0.3, 0.4) is 0 Å². The Bertz CT molecular complexity index is 511. The summed E-state index contributed by atoms with van der Waals surface area (Å²) in [5.41, 5.74) is 3.24. The van der Waals surface area contributed by atoms with E-state index >= 15 is 0 Å². The Kier molecular flexibility index (Phi) is 3.11. The second-order valence-corrected chi connectivity index (χ2v) is 7.55. The number of hydrogen-bond donors (Lipinski definition) is 1. The first-order valence-electron chi connectivity index (χ1n) is 8.48. The van der Waals surface area contributed by atoms with E-state index in [2.05, 4.69) is 24.1 Å². The van der Waals surface area contributed by atoms with Gasteiger partial charge in [-0.25, -0.2) is 0 Å². The fourth-order valence-corrected chi connectivity index (χ4v) is 5.53. The molecule has 1 saturated heterocycles. The van der Waals surface area contributed by atoms with Crippen molar-refractivity contribution in [2.75, 3.05) is 20.7 Å². The molecule has 4 atom stereocenters. The zero-order valence-electron chi connectivity index (χ0n) is 13.3. The maximum Gasteiger partial charge on any atom is 0.189 e. The average Bonchev–Trinajstić information content (AvgIpc) is 2.51. The van der Waals surface area contributed by atoms with Gasteiger partial charge in [0.1, 0.15) is 0 Å². The van der Waals surface area contributed by atoms with Gasteiger partial charge in [-0.1, -0.05) is 18.9 Å². The Hall–Kier alpha value is -0.640. The molecule has 1 heterocycles. The Balaban J connectivity index is 1.82. The molecule has 0 spiro atoms. The standard InChI is InChI=1S/C18H27NO2/c1-19-10-9-17-7-4-3-5-14(17)16(19)11-13-6-8-18(20,21-2)12-15(13)17/h6,12,14,16,20H,3-5,7-11H2,1-2H3/t14-,16-,17-,18?/m1/s1. The molecule has 0 radical (unpaired) electrons. The minimum Gasteiger partial charge on any atom is -0.362 e. The molecular weight excluding hydrogens is 262 g/mol. The van der Waals surface area contributed by atoms with Crippen LogP contribution in [0.5, 0.6) is 0 Å². The molecule has 2 bridgehead atoms. The second-order valence-electron chi connectivity index (χ2n) is 7.55. The smallest absolute Gasteiger partial charge is 0.189 e. The van der Waals surface area contributed by atoms with Crippen molar-refractivity contribution in [3.63, 3.8) is 0 Å². The van der Waals surface area contributed by atoms with Crippen molar-refractivity contribution in [2.24, 2.45) is 11.3 Å². The highest BCUT2D eigenvalue weighted by Gasteiger charge is 2.55. The molecule has 1 N–H and O–H groups in total. The first kappa shape index (κ1) is 14.0. The molecule has 4 rings (SSSR count). The van der Waals surface area contributed by atoms with Crippen LogP contribution in [-0.4, -0.2) is 42.5 Å². The van der Waals surface area contributed by atoms with Gasteiger partial charge in [-0.15, -0.1) is 0 Å². The lowest BCUT2D eigenvalue weighted by atomic mass is 9.50. The third kappa shape index (κ3) is 1.90. The summed E-state index contributed by atoms with van der Waals surface area (Å²) >= 11 is 0. The Morgan fingerprint density at radius 2 is 2.19 bits per heavy atom. The van der Waals surface area contributed by atoms with Gasteiger partial charge in [-0.05, 0) is 62.4 Å². The SMILES string of the molecule is COC1(O)C=C2C(=CC1)C[C@@H]1[C@H]3CCCC[C@]23CCN1C. The number of rotatable bonds is 1. The van der Waals surface area contributed by atoms with Crippen molar-refractivity contribution < 1.29 is 9.84 Å². The molecule has 1 unspecified atom stereocenters. The van der Waals surface area contributed by atoms with E-state index in [1.54, 1.807) is 7.11 Å². The van der Waals surface area contributed by atoms with Gasteiger partial charge in [0, 0.05) is 25.0 Å². The largest absolute Gasteiger partial charge is 0.362 e. The highest BCUT2D eigenvalue weighted by atomic mass is 16.6. The molecule has 21 heavy (non-hydrogen) atoms. The van der Waals surface area contributed by atoms with E-state index in [0.29, 0.717) is 17.9 Å². The van der Waals surface area contributed by atoms with Crippen LogP contribution < -0.4 is 0 Å². The van der Waals surface area contributed by atoms with Gasteiger partial charge in [0.2, 0.25) is 0 Å². The lowest BCUT2D eigenvalue weighted by Crippen LogP contribution is -2.58. The third-order valence-corrected chi connectivity index (χ3v) is 6.71. The predicted octanol–water partition coefficient (Wildman–Crippen LogP) is 2.86. The van der Waals surface area contributed by atoms with Crippen LogP contribution in [0, 0.1) is 11.3 Å². The summed E-state index contributed by atoms with van der Waals surface area (Å²) < 4.78 is 5.39. The number of methoxy groups -OCH3 is 1. The number of nitrogens with zero attached hydrogens (tertiary/aromatic N) is 1. The molecule has 3 fully saturated rings. The van der Waals surface area contributed by atoms with E-state index in [9.17, 15) is 5.11 Å². The highest BCUT2D eigenvalue weighted by molar-refractivity contribution is 5.46. The summed E-state index contributed by atoms with van der Waals surface area (Å²) in [4.78, 5) is 2.59. The third-order valence-electron chi connectivity index (χ3n) is 6.71. The van der Waals surface area contributed by atoms with E-state index in [-0.39, 0.29) is 0 Å². The monoisotopic (exact) mass is 289 g/mol. The first-order valence-corrected chi connectivity index (χ1v) is 8.48. The van der Waals surface area contributed by atoms with Gasteiger partial charge >= 0.3 is 0 Å². The molecule has 116 valence electrons. The summed E-state index contributed by atoms with van der Waals surface area (Å²) in [5.74, 6) is -0.307. The maximum atomic E-state index is 10.6. The Morgan fingerprint density at radius 3 is 3.00 bits per heavy atom. The number of fused-ring (bicyclic) bond motifs is 1. The molecular formula is C18H27NO2. The first-order chi connectivity index (χ1) is 10.1. The van der Waals surface area contributed by atoms with Crippen molar-refractivity contribution in [3.8, 4) is 0 Å². The highest BCUT2D eigenvalue weighted by Crippen LogP contribution is 2.61. The molecule has 0 aromatic rings. The summed E-state index contributed by atoms with van der Waals surface area (Å²) in [6.07, 6.45) is 12.7. The molecule has 3 heteroatoms. The number of piperidine rings is 1. The van der Waals surface area contributed by atoms with E-state index < -0.39 is 5.79 Å². The van der Waals surface area contributed by atoms with E-state index in [1.165, 1.54) is 49.8 Å². The van der Waals surface area contributed by atoms with Crippen LogP contribution in [0.4, 0.5) is 0 Å². The predicted molar refractivity (Wildman–Crippen MR) is 82.8 cm³/mol. The van der Waals surface area contributed by atoms with Gasteiger partial charge in [0.15, 0.2) is 5.79 Å². The summed E-state index contributed by atoms with van der Waals surface area (Å²) in [5, 5.41) is 10.6. The summed E-state index contributed by atoms with van der Waals surface area (Å²) in [6, 6.07) is 0.705. The van der Waals surface area contributed by atoms with Gasteiger partial charge < -0.3 is 14.7 Å². The molecule has 0 aromatic heterocycles. The van der Waals surface area contributed by atoms with Crippen LogP contribution in [0.2, 0.25) is 0 Å². The number of hydrogen-bond acceptors (Lipinski definition) is 3. The van der Waals surface area contributed by atoms with E-state index in [4.69, 9.17) is 4.74 Å². The van der Waals surface area contributed by atoms with Crippen molar-refractivity contribution in [3.05, 3.63) is 23.3 Å². The number of ether oxygens (including phenoxy) is 1. The Morgan fingerprint density at radius 1 is 1.33 bits per heavy atom. The fraction of sp³-hybridized carbons (Fsp3) is 0.778. The topological polar surface area (TPSA) is 32.7 Å². The van der Waals surface area contributed by atoms with Crippen LogP contribution in [0.1, 0.15) is 44.9 Å². The fourth-order valence-electron chi connectivity index (χ4n) is 5.53. The summed E-state index contributed by atoms with van der Waals surface area (Å²) in [7, 11) is 3.92. The van der Waals surface area contributed by atoms with E-state index in [1.807, 2.05) is 0 Å². The normalized spacial score (nSPS) is 46.2.